The molecule has 0 fully saturated rings. The molecule has 0 bridgehead atoms. The summed E-state index contributed by atoms with van der Waals surface area (Å²) in [6, 6.07) is 17.8. The minimum absolute atomic E-state index is 0.0890. The van der Waals surface area contributed by atoms with Gasteiger partial charge in [-0.15, -0.1) is 0 Å². The van der Waals surface area contributed by atoms with Crippen molar-refractivity contribution in [3.8, 4) is 24.0 Å². The number of allylic oxidation sites excluding steroid dienone is 4. The number of nitriles is 3. The Kier molecular flexibility index (Phi) is 5.14. The summed E-state index contributed by atoms with van der Waals surface area (Å²) in [6.45, 7) is 0. The van der Waals surface area contributed by atoms with Crippen molar-refractivity contribution in [3.05, 3.63) is 81.4 Å². The van der Waals surface area contributed by atoms with E-state index in [1.165, 1.54) is 37.5 Å². The fourth-order valence-electron chi connectivity index (χ4n) is 3.22. The maximum Gasteiger partial charge on any atom is 0.269 e. The number of benzene rings is 2. The van der Waals surface area contributed by atoms with Gasteiger partial charge in [-0.2, -0.15) is 15.8 Å². The van der Waals surface area contributed by atoms with E-state index in [1.807, 2.05) is 18.2 Å². The van der Waals surface area contributed by atoms with Gasteiger partial charge in [-0.05, 0) is 41.5 Å². The van der Waals surface area contributed by atoms with Gasteiger partial charge in [0.05, 0.1) is 35.5 Å². The van der Waals surface area contributed by atoms with Gasteiger partial charge < -0.3 is 10.1 Å². The van der Waals surface area contributed by atoms with E-state index < -0.39 is 16.0 Å². The first-order valence-electron chi connectivity index (χ1n) is 8.59. The standard InChI is InChI=1S/C22H13N5O3/c1-30-17-8-4-14(5-9-17)18-10-20(15-2-6-16(7-3-15)27(28)29)22(12-24,13-25)21(26)19(18)11-23/h2-10,26H,1H3. The van der Waals surface area contributed by atoms with Gasteiger partial charge >= 0.3 is 0 Å². The van der Waals surface area contributed by atoms with E-state index in [0.29, 0.717) is 22.4 Å². The number of methoxy groups -OCH3 is 1. The third-order valence-corrected chi connectivity index (χ3v) is 4.82. The zero-order valence-electron chi connectivity index (χ0n) is 15.7. The SMILES string of the molecule is COc1ccc(C2=C(C#N)C(=N)C(C#N)(C#N)C(c3ccc([N+](=O)[O-])cc3)=C2)cc1. The maximum absolute atomic E-state index is 10.9. The van der Waals surface area contributed by atoms with Crippen LogP contribution in [0.2, 0.25) is 0 Å². The van der Waals surface area contributed by atoms with Crippen molar-refractivity contribution in [1.82, 2.24) is 0 Å². The Hall–Kier alpha value is -4.74. The van der Waals surface area contributed by atoms with Crippen LogP contribution in [0.15, 0.2) is 60.2 Å². The lowest BCUT2D eigenvalue weighted by atomic mass is 9.68. The first-order valence-corrected chi connectivity index (χ1v) is 8.59. The van der Waals surface area contributed by atoms with Crippen molar-refractivity contribution in [3.63, 3.8) is 0 Å². The predicted molar refractivity (Wildman–Crippen MR) is 108 cm³/mol. The van der Waals surface area contributed by atoms with Gasteiger partial charge in [0.25, 0.3) is 5.69 Å². The Balaban J connectivity index is 2.28. The number of hydrogen-bond acceptors (Lipinski definition) is 7. The summed E-state index contributed by atoms with van der Waals surface area (Å²) in [5, 5.41) is 48.8. The van der Waals surface area contributed by atoms with Gasteiger partial charge in [-0.25, -0.2) is 0 Å². The Morgan fingerprint density at radius 3 is 2.03 bits per heavy atom. The molecule has 3 rings (SSSR count). The smallest absolute Gasteiger partial charge is 0.269 e. The Labute approximate surface area is 171 Å². The van der Waals surface area contributed by atoms with Crippen LogP contribution in [0.4, 0.5) is 5.69 Å². The van der Waals surface area contributed by atoms with Crippen molar-refractivity contribution >= 4 is 22.5 Å². The van der Waals surface area contributed by atoms with Gasteiger partial charge in [-0.3, -0.25) is 10.1 Å². The number of non-ortho nitro benzene ring substituents is 1. The molecule has 0 atom stereocenters. The van der Waals surface area contributed by atoms with E-state index in [2.05, 4.69) is 0 Å². The zero-order chi connectivity index (χ0) is 21.9. The minimum atomic E-state index is -2.02. The van der Waals surface area contributed by atoms with Crippen LogP contribution in [0.3, 0.4) is 0 Å². The van der Waals surface area contributed by atoms with E-state index in [-0.39, 0.29) is 16.8 Å². The summed E-state index contributed by atoms with van der Waals surface area (Å²) >= 11 is 0. The molecule has 30 heavy (non-hydrogen) atoms. The quantitative estimate of drug-likeness (QED) is 0.610. The van der Waals surface area contributed by atoms with Crippen LogP contribution in [0.1, 0.15) is 11.1 Å². The highest BCUT2D eigenvalue weighted by atomic mass is 16.6. The molecule has 1 N–H and O–H groups in total. The molecule has 0 saturated carbocycles. The first-order chi connectivity index (χ1) is 14.4. The van der Waals surface area contributed by atoms with Gasteiger partial charge in [0.15, 0.2) is 0 Å². The molecule has 0 aliphatic heterocycles. The highest BCUT2D eigenvalue weighted by Crippen LogP contribution is 2.45. The van der Waals surface area contributed by atoms with Crippen LogP contribution >= 0.6 is 0 Å². The molecule has 8 heteroatoms. The molecule has 8 nitrogen and oxygen atoms in total. The molecule has 0 unspecified atom stereocenters. The lowest BCUT2D eigenvalue weighted by Gasteiger charge is -2.28. The number of ether oxygens (including phenoxy) is 1. The number of nitrogens with zero attached hydrogens (tertiary/aromatic N) is 4. The summed E-state index contributed by atoms with van der Waals surface area (Å²) in [5.74, 6) is 0.603. The average Bonchev–Trinajstić information content (AvgIpc) is 2.78. The fourth-order valence-corrected chi connectivity index (χ4v) is 3.22. The summed E-state index contributed by atoms with van der Waals surface area (Å²) < 4.78 is 5.14. The van der Waals surface area contributed by atoms with Crippen molar-refractivity contribution in [2.45, 2.75) is 0 Å². The number of rotatable bonds is 4. The molecule has 144 valence electrons. The molecule has 0 aromatic heterocycles. The molecular formula is C22H13N5O3. The third kappa shape index (κ3) is 3.07. The molecule has 1 aliphatic carbocycles. The van der Waals surface area contributed by atoms with E-state index in [4.69, 9.17) is 10.1 Å². The Morgan fingerprint density at radius 2 is 1.57 bits per heavy atom. The fraction of sp³-hybridized carbons (Fsp3) is 0.0909. The topological polar surface area (TPSA) is 148 Å². The van der Waals surface area contributed by atoms with Gasteiger partial charge in [0.2, 0.25) is 5.41 Å². The van der Waals surface area contributed by atoms with Crippen molar-refractivity contribution in [1.29, 1.82) is 21.2 Å². The van der Waals surface area contributed by atoms with Crippen LogP contribution in [0.25, 0.3) is 11.1 Å². The van der Waals surface area contributed by atoms with Gasteiger partial charge in [-0.1, -0.05) is 12.1 Å². The van der Waals surface area contributed by atoms with Gasteiger partial charge in [0, 0.05) is 23.3 Å². The van der Waals surface area contributed by atoms with E-state index in [1.54, 1.807) is 24.3 Å². The van der Waals surface area contributed by atoms with Crippen LogP contribution < -0.4 is 4.74 Å². The normalized spacial score (nSPS) is 14.7. The van der Waals surface area contributed by atoms with Crippen LogP contribution in [0.5, 0.6) is 5.75 Å². The number of nitro benzene ring substituents is 1. The second-order valence-corrected chi connectivity index (χ2v) is 6.34. The lowest BCUT2D eigenvalue weighted by Crippen LogP contribution is -2.33. The minimum Gasteiger partial charge on any atom is -0.497 e. The molecule has 2 aromatic rings. The molecule has 2 aromatic carbocycles. The number of hydrogen-bond donors (Lipinski definition) is 1. The summed E-state index contributed by atoms with van der Waals surface area (Å²) in [7, 11) is 1.52. The van der Waals surface area contributed by atoms with Crippen LogP contribution in [-0.2, 0) is 0 Å². The van der Waals surface area contributed by atoms with Crippen molar-refractivity contribution in [2.75, 3.05) is 7.11 Å². The van der Waals surface area contributed by atoms with Crippen LogP contribution in [-0.4, -0.2) is 17.7 Å². The van der Waals surface area contributed by atoms with Crippen LogP contribution in [0, 0.1) is 54.9 Å². The summed E-state index contributed by atoms with van der Waals surface area (Å²) in [6.07, 6.45) is 1.52. The summed E-state index contributed by atoms with van der Waals surface area (Å²) in [4.78, 5) is 10.4. The Bertz CT molecular complexity index is 1220. The molecule has 1 aliphatic rings. The van der Waals surface area contributed by atoms with Crippen molar-refractivity contribution in [2.24, 2.45) is 5.41 Å². The predicted octanol–water partition coefficient (Wildman–Crippen LogP) is 4.03. The third-order valence-electron chi connectivity index (χ3n) is 4.82. The monoisotopic (exact) mass is 395 g/mol. The largest absolute Gasteiger partial charge is 0.497 e. The molecule has 0 radical (unpaired) electrons. The molecule has 0 heterocycles. The molecule has 0 saturated heterocycles. The number of nitrogens with one attached hydrogen (secondary N) is 1. The second-order valence-electron chi connectivity index (χ2n) is 6.34. The average molecular weight is 395 g/mol. The molecular weight excluding hydrogens is 382 g/mol. The van der Waals surface area contributed by atoms with E-state index in [0.717, 1.165) is 0 Å². The highest BCUT2D eigenvalue weighted by molar-refractivity contribution is 6.24. The Morgan fingerprint density at radius 1 is 1.00 bits per heavy atom. The van der Waals surface area contributed by atoms with Crippen molar-refractivity contribution < 1.29 is 9.66 Å². The molecule has 0 spiro atoms. The first kappa shape index (κ1) is 20.0. The second kappa shape index (κ2) is 7.71. The van der Waals surface area contributed by atoms with E-state index >= 15 is 0 Å². The number of nitro groups is 1. The lowest BCUT2D eigenvalue weighted by molar-refractivity contribution is -0.384. The van der Waals surface area contributed by atoms with E-state index in [9.17, 15) is 25.9 Å². The van der Waals surface area contributed by atoms with Gasteiger partial charge in [0.1, 0.15) is 11.8 Å². The zero-order valence-corrected chi connectivity index (χ0v) is 15.7. The summed E-state index contributed by atoms with van der Waals surface area (Å²) in [5.41, 5.74) is -1.16. The highest BCUT2D eigenvalue weighted by Gasteiger charge is 2.46. The molecule has 0 amide bonds. The maximum atomic E-state index is 10.9.